The number of aryl methyl sites for hydroxylation is 2. The van der Waals surface area contributed by atoms with E-state index < -0.39 is 6.10 Å². The second-order valence-corrected chi connectivity index (χ2v) is 4.35. The fourth-order valence-electron chi connectivity index (χ4n) is 1.90. The van der Waals surface area contributed by atoms with Gasteiger partial charge in [-0.1, -0.05) is 36.8 Å². The molecule has 0 fully saturated rings. The summed E-state index contributed by atoms with van der Waals surface area (Å²) in [6.07, 6.45) is 4.11. The van der Waals surface area contributed by atoms with E-state index in [-0.39, 0.29) is 0 Å². The molecule has 0 aliphatic carbocycles. The first kappa shape index (κ1) is 11.9. The van der Waals surface area contributed by atoms with Crippen molar-refractivity contribution in [2.45, 2.75) is 32.9 Å². The van der Waals surface area contributed by atoms with Gasteiger partial charge in [-0.2, -0.15) is 5.10 Å². The van der Waals surface area contributed by atoms with Gasteiger partial charge in [0.15, 0.2) is 0 Å². The van der Waals surface area contributed by atoms with Gasteiger partial charge in [-0.3, -0.25) is 4.68 Å². The molecule has 0 radical (unpaired) electrons. The van der Waals surface area contributed by atoms with Crippen molar-refractivity contribution in [1.29, 1.82) is 0 Å². The molecular weight excluding hydrogens is 212 g/mol. The summed E-state index contributed by atoms with van der Waals surface area (Å²) in [5, 5.41) is 14.5. The largest absolute Gasteiger partial charge is 0.384 e. The molecule has 0 saturated heterocycles. The van der Waals surface area contributed by atoms with Crippen molar-refractivity contribution in [3.8, 4) is 0 Å². The van der Waals surface area contributed by atoms with E-state index in [0.717, 1.165) is 29.7 Å². The van der Waals surface area contributed by atoms with Crippen LogP contribution in [0.5, 0.6) is 0 Å². The average molecular weight is 230 g/mol. The van der Waals surface area contributed by atoms with Crippen molar-refractivity contribution in [2.75, 3.05) is 0 Å². The van der Waals surface area contributed by atoms with Gasteiger partial charge < -0.3 is 5.11 Å². The van der Waals surface area contributed by atoms with Gasteiger partial charge in [0.25, 0.3) is 0 Å². The highest BCUT2D eigenvalue weighted by Crippen LogP contribution is 2.21. The Labute approximate surface area is 102 Å². The molecule has 2 aromatic rings. The number of nitrogens with zero attached hydrogens (tertiary/aromatic N) is 2. The zero-order valence-corrected chi connectivity index (χ0v) is 10.3. The number of hydrogen-bond acceptors (Lipinski definition) is 2. The van der Waals surface area contributed by atoms with Crippen LogP contribution in [-0.2, 0) is 6.54 Å². The highest BCUT2D eigenvalue weighted by atomic mass is 16.3. The van der Waals surface area contributed by atoms with Crippen molar-refractivity contribution in [2.24, 2.45) is 0 Å². The van der Waals surface area contributed by atoms with Crippen molar-refractivity contribution in [3.05, 3.63) is 53.3 Å². The summed E-state index contributed by atoms with van der Waals surface area (Å²) in [4.78, 5) is 0. The summed E-state index contributed by atoms with van der Waals surface area (Å²) in [5.41, 5.74) is 2.92. The van der Waals surface area contributed by atoms with Crippen LogP contribution in [0, 0.1) is 6.92 Å². The lowest BCUT2D eigenvalue weighted by Crippen LogP contribution is -1.99. The Balaban J connectivity index is 2.21. The molecule has 1 aromatic carbocycles. The van der Waals surface area contributed by atoms with E-state index in [2.05, 4.69) is 12.0 Å². The van der Waals surface area contributed by atoms with Crippen LogP contribution in [0.3, 0.4) is 0 Å². The SMILES string of the molecule is CCCn1cc(C(O)c2cccc(C)c2)cn1. The van der Waals surface area contributed by atoms with E-state index in [1.807, 2.05) is 42.1 Å². The molecule has 1 unspecified atom stereocenters. The first-order chi connectivity index (χ1) is 8.20. The Morgan fingerprint density at radius 2 is 2.18 bits per heavy atom. The zero-order valence-electron chi connectivity index (χ0n) is 10.3. The van der Waals surface area contributed by atoms with Gasteiger partial charge in [-0.05, 0) is 18.9 Å². The van der Waals surface area contributed by atoms with Gasteiger partial charge in [0.2, 0.25) is 0 Å². The van der Waals surface area contributed by atoms with E-state index in [0.29, 0.717) is 0 Å². The van der Waals surface area contributed by atoms with Gasteiger partial charge in [0, 0.05) is 18.3 Å². The third-order valence-electron chi connectivity index (χ3n) is 2.78. The van der Waals surface area contributed by atoms with Crippen LogP contribution >= 0.6 is 0 Å². The van der Waals surface area contributed by atoms with Gasteiger partial charge >= 0.3 is 0 Å². The molecule has 1 N–H and O–H groups in total. The van der Waals surface area contributed by atoms with Crippen LogP contribution in [-0.4, -0.2) is 14.9 Å². The second kappa shape index (κ2) is 5.15. The Hall–Kier alpha value is -1.61. The predicted octanol–water partition coefficient (Wildman–Crippen LogP) is 2.68. The maximum atomic E-state index is 10.2. The Morgan fingerprint density at radius 3 is 2.88 bits per heavy atom. The molecule has 17 heavy (non-hydrogen) atoms. The van der Waals surface area contributed by atoms with Crippen molar-refractivity contribution in [3.63, 3.8) is 0 Å². The third kappa shape index (κ3) is 2.74. The van der Waals surface area contributed by atoms with E-state index in [1.165, 1.54) is 0 Å². The first-order valence-corrected chi connectivity index (χ1v) is 5.97. The molecular formula is C14H18N2O. The molecule has 0 amide bonds. The molecule has 1 atom stereocenters. The fourth-order valence-corrected chi connectivity index (χ4v) is 1.90. The normalized spacial score (nSPS) is 12.6. The van der Waals surface area contributed by atoms with Crippen LogP contribution < -0.4 is 0 Å². The summed E-state index contributed by atoms with van der Waals surface area (Å²) in [7, 11) is 0. The Kier molecular flexibility index (Phi) is 3.59. The van der Waals surface area contributed by atoms with Crippen LogP contribution in [0.4, 0.5) is 0 Å². The molecule has 0 spiro atoms. The zero-order chi connectivity index (χ0) is 12.3. The minimum atomic E-state index is -0.583. The average Bonchev–Trinajstić information content (AvgIpc) is 2.77. The van der Waals surface area contributed by atoms with Gasteiger partial charge in [-0.15, -0.1) is 0 Å². The Morgan fingerprint density at radius 1 is 1.35 bits per heavy atom. The van der Waals surface area contributed by atoms with Gasteiger partial charge in [0.05, 0.1) is 6.20 Å². The molecule has 2 rings (SSSR count). The van der Waals surface area contributed by atoms with Crippen molar-refractivity contribution in [1.82, 2.24) is 9.78 Å². The number of aliphatic hydroxyl groups excluding tert-OH is 1. The summed E-state index contributed by atoms with van der Waals surface area (Å²) < 4.78 is 1.87. The van der Waals surface area contributed by atoms with Crippen LogP contribution in [0.2, 0.25) is 0 Å². The minimum Gasteiger partial charge on any atom is -0.384 e. The number of aliphatic hydroxyl groups is 1. The van der Waals surface area contributed by atoms with Crippen LogP contribution in [0.15, 0.2) is 36.7 Å². The molecule has 0 saturated carbocycles. The molecule has 0 aliphatic heterocycles. The molecule has 0 aliphatic rings. The van der Waals surface area contributed by atoms with E-state index in [4.69, 9.17) is 0 Å². The number of hydrogen-bond donors (Lipinski definition) is 1. The molecule has 3 heteroatoms. The third-order valence-corrected chi connectivity index (χ3v) is 2.78. The van der Waals surface area contributed by atoms with E-state index in [9.17, 15) is 5.11 Å². The summed E-state index contributed by atoms with van der Waals surface area (Å²) >= 11 is 0. The number of aromatic nitrogens is 2. The van der Waals surface area contributed by atoms with Crippen LogP contribution in [0.25, 0.3) is 0 Å². The summed E-state index contributed by atoms with van der Waals surface area (Å²) in [5.74, 6) is 0. The predicted molar refractivity (Wildman–Crippen MR) is 67.8 cm³/mol. The first-order valence-electron chi connectivity index (χ1n) is 5.97. The molecule has 3 nitrogen and oxygen atoms in total. The molecule has 90 valence electrons. The lowest BCUT2D eigenvalue weighted by Gasteiger charge is -2.09. The van der Waals surface area contributed by atoms with Crippen LogP contribution in [0.1, 0.15) is 36.1 Å². The van der Waals surface area contributed by atoms with E-state index in [1.54, 1.807) is 6.20 Å². The lowest BCUT2D eigenvalue weighted by atomic mass is 10.0. The lowest BCUT2D eigenvalue weighted by molar-refractivity contribution is 0.220. The molecule has 0 bridgehead atoms. The second-order valence-electron chi connectivity index (χ2n) is 4.35. The highest BCUT2D eigenvalue weighted by Gasteiger charge is 2.12. The minimum absolute atomic E-state index is 0.583. The maximum Gasteiger partial charge on any atom is 0.107 e. The van der Waals surface area contributed by atoms with E-state index >= 15 is 0 Å². The monoisotopic (exact) mass is 230 g/mol. The van der Waals surface area contributed by atoms with Crippen molar-refractivity contribution >= 4 is 0 Å². The van der Waals surface area contributed by atoms with Gasteiger partial charge in [0.1, 0.15) is 6.10 Å². The summed E-state index contributed by atoms with van der Waals surface area (Å²) in [6, 6.07) is 7.93. The Bertz CT molecular complexity index is 490. The fraction of sp³-hybridized carbons (Fsp3) is 0.357. The topological polar surface area (TPSA) is 38.0 Å². The quantitative estimate of drug-likeness (QED) is 0.877. The molecule has 1 aromatic heterocycles. The van der Waals surface area contributed by atoms with Crippen molar-refractivity contribution < 1.29 is 5.11 Å². The summed E-state index contributed by atoms with van der Waals surface area (Å²) in [6.45, 7) is 5.02. The number of benzene rings is 1. The standard InChI is InChI=1S/C14H18N2O/c1-3-7-16-10-13(9-15-16)14(17)12-6-4-5-11(2)8-12/h4-6,8-10,14,17H,3,7H2,1-2H3. The highest BCUT2D eigenvalue weighted by molar-refractivity contribution is 5.30. The van der Waals surface area contributed by atoms with Gasteiger partial charge in [-0.25, -0.2) is 0 Å². The molecule has 1 heterocycles. The smallest absolute Gasteiger partial charge is 0.107 e. The number of rotatable bonds is 4. The maximum absolute atomic E-state index is 10.2.